The van der Waals surface area contributed by atoms with E-state index in [2.05, 4.69) is 34.7 Å². The summed E-state index contributed by atoms with van der Waals surface area (Å²) in [6.07, 6.45) is 2.83. The summed E-state index contributed by atoms with van der Waals surface area (Å²) in [5.74, 6) is 0. The summed E-state index contributed by atoms with van der Waals surface area (Å²) in [7, 11) is 0. The number of pyridine rings is 1. The Bertz CT molecular complexity index is 730. The number of rotatable bonds is 2. The van der Waals surface area contributed by atoms with Gasteiger partial charge in [0.05, 0.1) is 5.69 Å². The summed E-state index contributed by atoms with van der Waals surface area (Å²) >= 11 is 2.28. The molecule has 0 saturated carbocycles. The Morgan fingerprint density at radius 1 is 1.06 bits per heavy atom. The lowest BCUT2D eigenvalue weighted by atomic mass is 10.1. The topological polar surface area (TPSA) is 21.5 Å². The minimum atomic E-state index is 0.701. The van der Waals surface area contributed by atoms with Crippen LogP contribution in [0.25, 0.3) is 16.6 Å². The largest absolute Gasteiger partial charge is 0.314 e. The molecule has 0 unspecified atom stereocenters. The molecule has 0 atom stereocenters. The first kappa shape index (κ1) is 11.5. The first-order valence-electron chi connectivity index (χ1n) is 5.61. The average molecular weight is 347 g/mol. The van der Waals surface area contributed by atoms with Gasteiger partial charge in [-0.15, -0.1) is 0 Å². The predicted octanol–water partition coefficient (Wildman–Crippen LogP) is 4.02. The van der Waals surface area contributed by atoms with Crippen molar-refractivity contribution in [3.63, 3.8) is 0 Å². The molecule has 3 rings (SSSR count). The van der Waals surface area contributed by atoms with Crippen molar-refractivity contribution in [2.24, 2.45) is 0 Å². The van der Waals surface area contributed by atoms with Crippen molar-refractivity contribution >= 4 is 34.4 Å². The third kappa shape index (κ3) is 1.84. The standard InChI is InChI=1S/C15H10INO/c16-12-5-3-4-11(8-12)14-9-13-6-1-2-7-17(13)15(14)10-18/h1-10H. The van der Waals surface area contributed by atoms with Gasteiger partial charge in [-0.1, -0.05) is 18.2 Å². The molecular weight excluding hydrogens is 337 g/mol. The van der Waals surface area contributed by atoms with E-state index in [1.54, 1.807) is 0 Å². The minimum absolute atomic E-state index is 0.701. The van der Waals surface area contributed by atoms with Gasteiger partial charge >= 0.3 is 0 Å². The molecule has 0 aliphatic rings. The number of aromatic nitrogens is 1. The molecule has 0 bridgehead atoms. The van der Waals surface area contributed by atoms with E-state index < -0.39 is 0 Å². The molecule has 0 saturated heterocycles. The first-order valence-corrected chi connectivity index (χ1v) is 6.68. The van der Waals surface area contributed by atoms with E-state index in [0.717, 1.165) is 26.5 Å². The zero-order valence-corrected chi connectivity index (χ0v) is 11.7. The van der Waals surface area contributed by atoms with Gasteiger partial charge in [-0.05, 0) is 58.5 Å². The Hall–Kier alpha value is -1.62. The SMILES string of the molecule is O=Cc1c(-c2cccc(I)c2)cc2ccccn12. The highest BCUT2D eigenvalue weighted by Gasteiger charge is 2.10. The summed E-state index contributed by atoms with van der Waals surface area (Å²) in [6, 6.07) is 16.1. The number of halogens is 1. The van der Waals surface area contributed by atoms with Crippen LogP contribution in [0.15, 0.2) is 54.7 Å². The molecule has 2 nitrogen and oxygen atoms in total. The fourth-order valence-corrected chi connectivity index (χ4v) is 2.70. The molecule has 3 aromatic rings. The monoisotopic (exact) mass is 347 g/mol. The van der Waals surface area contributed by atoms with Gasteiger partial charge in [-0.25, -0.2) is 0 Å². The maximum Gasteiger partial charge on any atom is 0.167 e. The second kappa shape index (κ2) is 4.57. The molecule has 0 amide bonds. The maximum absolute atomic E-state index is 11.3. The molecule has 0 aliphatic heterocycles. The molecule has 2 aromatic heterocycles. The highest BCUT2D eigenvalue weighted by Crippen LogP contribution is 2.27. The lowest BCUT2D eigenvalue weighted by molar-refractivity contribution is 0.111. The number of nitrogens with zero attached hydrogens (tertiary/aromatic N) is 1. The van der Waals surface area contributed by atoms with Gasteiger partial charge in [0.25, 0.3) is 0 Å². The van der Waals surface area contributed by atoms with Crippen LogP contribution in [0, 0.1) is 3.57 Å². The third-order valence-corrected chi connectivity index (χ3v) is 3.64. The molecule has 0 radical (unpaired) electrons. The Morgan fingerprint density at radius 2 is 1.94 bits per heavy atom. The number of hydrogen-bond acceptors (Lipinski definition) is 1. The molecule has 88 valence electrons. The lowest BCUT2D eigenvalue weighted by Crippen LogP contribution is -1.91. The zero-order valence-electron chi connectivity index (χ0n) is 9.51. The van der Waals surface area contributed by atoms with E-state index in [4.69, 9.17) is 0 Å². The van der Waals surface area contributed by atoms with Crippen molar-refractivity contribution in [1.82, 2.24) is 4.40 Å². The van der Waals surface area contributed by atoms with Crippen LogP contribution in [0.4, 0.5) is 0 Å². The van der Waals surface area contributed by atoms with E-state index in [9.17, 15) is 4.79 Å². The van der Waals surface area contributed by atoms with Crippen LogP contribution in [0.5, 0.6) is 0 Å². The van der Waals surface area contributed by atoms with Crippen molar-refractivity contribution in [2.45, 2.75) is 0 Å². The van der Waals surface area contributed by atoms with E-state index in [1.165, 1.54) is 0 Å². The fourth-order valence-electron chi connectivity index (χ4n) is 2.15. The van der Waals surface area contributed by atoms with Gasteiger partial charge in [0.1, 0.15) is 0 Å². The van der Waals surface area contributed by atoms with Gasteiger partial charge in [-0.3, -0.25) is 4.79 Å². The van der Waals surface area contributed by atoms with Crippen molar-refractivity contribution in [3.8, 4) is 11.1 Å². The third-order valence-electron chi connectivity index (χ3n) is 2.97. The Morgan fingerprint density at radius 3 is 2.72 bits per heavy atom. The molecule has 2 heterocycles. The highest BCUT2D eigenvalue weighted by atomic mass is 127. The Balaban J connectivity index is 2.32. The zero-order chi connectivity index (χ0) is 12.5. The van der Waals surface area contributed by atoms with Crippen LogP contribution >= 0.6 is 22.6 Å². The Kier molecular flexibility index (Phi) is 2.91. The van der Waals surface area contributed by atoms with Crippen LogP contribution in [-0.4, -0.2) is 10.7 Å². The van der Waals surface area contributed by atoms with E-state index >= 15 is 0 Å². The second-order valence-electron chi connectivity index (χ2n) is 4.07. The van der Waals surface area contributed by atoms with E-state index in [-0.39, 0.29) is 0 Å². The van der Waals surface area contributed by atoms with Crippen LogP contribution < -0.4 is 0 Å². The summed E-state index contributed by atoms with van der Waals surface area (Å²) in [6.45, 7) is 0. The van der Waals surface area contributed by atoms with E-state index in [0.29, 0.717) is 5.69 Å². The molecule has 0 aliphatic carbocycles. The smallest absolute Gasteiger partial charge is 0.167 e. The maximum atomic E-state index is 11.3. The normalized spacial score (nSPS) is 10.7. The molecule has 0 N–H and O–H groups in total. The molecular formula is C15H10INO. The van der Waals surface area contributed by atoms with Gasteiger partial charge in [0.15, 0.2) is 6.29 Å². The van der Waals surface area contributed by atoms with Gasteiger partial charge in [0, 0.05) is 20.8 Å². The number of aldehydes is 1. The highest BCUT2D eigenvalue weighted by molar-refractivity contribution is 14.1. The molecule has 3 heteroatoms. The van der Waals surface area contributed by atoms with Crippen LogP contribution in [0.2, 0.25) is 0 Å². The molecule has 18 heavy (non-hydrogen) atoms. The summed E-state index contributed by atoms with van der Waals surface area (Å²) in [5.41, 5.74) is 3.79. The molecule has 1 aromatic carbocycles. The number of carbonyl (C=O) groups excluding carboxylic acids is 1. The molecule has 0 fully saturated rings. The van der Waals surface area contributed by atoms with Crippen LogP contribution in [0.1, 0.15) is 10.5 Å². The predicted molar refractivity (Wildman–Crippen MR) is 80.9 cm³/mol. The quantitative estimate of drug-likeness (QED) is 0.507. The van der Waals surface area contributed by atoms with Crippen LogP contribution in [0.3, 0.4) is 0 Å². The summed E-state index contributed by atoms with van der Waals surface area (Å²) in [5, 5.41) is 0. The van der Waals surface area contributed by atoms with E-state index in [1.807, 2.05) is 47.0 Å². The van der Waals surface area contributed by atoms with Crippen molar-refractivity contribution in [3.05, 3.63) is 64.0 Å². The average Bonchev–Trinajstić information content (AvgIpc) is 2.77. The number of benzene rings is 1. The van der Waals surface area contributed by atoms with Crippen molar-refractivity contribution in [1.29, 1.82) is 0 Å². The Labute approximate surface area is 118 Å². The summed E-state index contributed by atoms with van der Waals surface area (Å²) < 4.78 is 3.08. The van der Waals surface area contributed by atoms with Crippen LogP contribution in [-0.2, 0) is 0 Å². The fraction of sp³-hybridized carbons (Fsp3) is 0. The first-order chi connectivity index (χ1) is 8.79. The van der Waals surface area contributed by atoms with Crippen molar-refractivity contribution < 1.29 is 4.79 Å². The lowest BCUT2D eigenvalue weighted by Gasteiger charge is -2.01. The minimum Gasteiger partial charge on any atom is -0.314 e. The number of fused-ring (bicyclic) bond motifs is 1. The number of carbonyl (C=O) groups is 1. The van der Waals surface area contributed by atoms with Gasteiger partial charge in [0.2, 0.25) is 0 Å². The summed E-state index contributed by atoms with van der Waals surface area (Å²) in [4.78, 5) is 11.3. The van der Waals surface area contributed by atoms with Gasteiger partial charge < -0.3 is 4.40 Å². The molecule has 0 spiro atoms. The second-order valence-corrected chi connectivity index (χ2v) is 5.31. The van der Waals surface area contributed by atoms with Gasteiger partial charge in [-0.2, -0.15) is 0 Å². The van der Waals surface area contributed by atoms with Crippen molar-refractivity contribution in [2.75, 3.05) is 0 Å². The number of hydrogen-bond donors (Lipinski definition) is 0.